The summed E-state index contributed by atoms with van der Waals surface area (Å²) >= 11 is 0. The molecule has 1 heterocycles. The fourth-order valence-corrected chi connectivity index (χ4v) is 2.72. The van der Waals surface area contributed by atoms with E-state index in [-0.39, 0.29) is 6.04 Å². The van der Waals surface area contributed by atoms with E-state index >= 15 is 0 Å². The van der Waals surface area contributed by atoms with Gasteiger partial charge in [0.05, 0.1) is 5.56 Å². The minimum absolute atomic E-state index is 0.0721. The molecule has 0 radical (unpaired) electrons. The van der Waals surface area contributed by atoms with Gasteiger partial charge < -0.3 is 10.2 Å². The lowest BCUT2D eigenvalue weighted by Crippen LogP contribution is -2.36. The van der Waals surface area contributed by atoms with Crippen LogP contribution in [0.3, 0.4) is 0 Å². The SMILES string of the molecule is CC(NCCN1CCCCC1)c1cccc(C(F)(F)F)c1. The van der Waals surface area contributed by atoms with Crippen molar-refractivity contribution in [3.63, 3.8) is 0 Å². The quantitative estimate of drug-likeness (QED) is 0.889. The van der Waals surface area contributed by atoms with Crippen LogP contribution in [0, 0.1) is 0 Å². The first kappa shape index (κ1) is 16.3. The van der Waals surface area contributed by atoms with Gasteiger partial charge in [0.25, 0.3) is 0 Å². The Balaban J connectivity index is 1.83. The monoisotopic (exact) mass is 300 g/mol. The number of likely N-dealkylation sites (tertiary alicyclic amines) is 1. The van der Waals surface area contributed by atoms with Crippen molar-refractivity contribution in [2.24, 2.45) is 0 Å². The molecular formula is C16H23F3N2. The van der Waals surface area contributed by atoms with Crippen molar-refractivity contribution in [3.8, 4) is 0 Å². The lowest BCUT2D eigenvalue weighted by atomic mass is 10.0. The molecule has 1 atom stereocenters. The molecule has 5 heteroatoms. The van der Waals surface area contributed by atoms with Gasteiger partial charge in [-0.05, 0) is 50.6 Å². The van der Waals surface area contributed by atoms with Gasteiger partial charge in [-0.25, -0.2) is 0 Å². The van der Waals surface area contributed by atoms with E-state index in [1.807, 2.05) is 6.92 Å². The van der Waals surface area contributed by atoms with Crippen molar-refractivity contribution in [1.29, 1.82) is 0 Å². The highest BCUT2D eigenvalue weighted by atomic mass is 19.4. The highest BCUT2D eigenvalue weighted by molar-refractivity contribution is 5.27. The van der Waals surface area contributed by atoms with E-state index in [9.17, 15) is 13.2 Å². The molecular weight excluding hydrogens is 277 g/mol. The van der Waals surface area contributed by atoms with Crippen LogP contribution in [0.5, 0.6) is 0 Å². The number of rotatable bonds is 5. The second-order valence-corrected chi connectivity index (χ2v) is 5.70. The Kier molecular flexibility index (Phi) is 5.65. The summed E-state index contributed by atoms with van der Waals surface area (Å²) in [5.74, 6) is 0. The first-order valence-corrected chi connectivity index (χ1v) is 7.60. The molecule has 0 aliphatic carbocycles. The van der Waals surface area contributed by atoms with Gasteiger partial charge in [-0.1, -0.05) is 18.6 Å². The molecule has 1 aromatic carbocycles. The summed E-state index contributed by atoms with van der Waals surface area (Å²) in [5.41, 5.74) is 0.105. The smallest absolute Gasteiger partial charge is 0.309 e. The number of alkyl halides is 3. The van der Waals surface area contributed by atoms with Crippen molar-refractivity contribution < 1.29 is 13.2 Å². The number of halogens is 3. The zero-order valence-corrected chi connectivity index (χ0v) is 12.4. The average molecular weight is 300 g/mol. The minimum Gasteiger partial charge on any atom is -0.309 e. The molecule has 1 aromatic rings. The first-order valence-electron chi connectivity index (χ1n) is 7.60. The van der Waals surface area contributed by atoms with E-state index in [4.69, 9.17) is 0 Å². The molecule has 0 bridgehead atoms. The Morgan fingerprint density at radius 1 is 1.19 bits per heavy atom. The molecule has 1 fully saturated rings. The van der Waals surface area contributed by atoms with Gasteiger partial charge in [0.15, 0.2) is 0 Å². The van der Waals surface area contributed by atoms with Crippen molar-refractivity contribution in [3.05, 3.63) is 35.4 Å². The van der Waals surface area contributed by atoms with Crippen LogP contribution in [-0.2, 0) is 6.18 Å². The molecule has 1 aliphatic heterocycles. The number of hydrogen-bond acceptors (Lipinski definition) is 2. The van der Waals surface area contributed by atoms with Crippen LogP contribution in [0.1, 0.15) is 43.4 Å². The van der Waals surface area contributed by atoms with E-state index in [0.717, 1.165) is 32.2 Å². The maximum Gasteiger partial charge on any atom is 0.416 e. The van der Waals surface area contributed by atoms with E-state index in [2.05, 4.69) is 10.2 Å². The van der Waals surface area contributed by atoms with Crippen LogP contribution in [-0.4, -0.2) is 31.1 Å². The van der Waals surface area contributed by atoms with Crippen molar-refractivity contribution >= 4 is 0 Å². The highest BCUT2D eigenvalue weighted by Crippen LogP contribution is 2.30. The van der Waals surface area contributed by atoms with E-state index in [1.165, 1.54) is 31.4 Å². The van der Waals surface area contributed by atoms with Crippen LogP contribution >= 0.6 is 0 Å². The van der Waals surface area contributed by atoms with Gasteiger partial charge in [0.2, 0.25) is 0 Å². The van der Waals surface area contributed by atoms with Crippen molar-refractivity contribution in [2.45, 2.75) is 38.4 Å². The summed E-state index contributed by atoms with van der Waals surface area (Å²) in [7, 11) is 0. The molecule has 0 aromatic heterocycles. The Labute approximate surface area is 124 Å². The molecule has 2 nitrogen and oxygen atoms in total. The second kappa shape index (κ2) is 7.27. The van der Waals surface area contributed by atoms with Gasteiger partial charge in [-0.2, -0.15) is 13.2 Å². The van der Waals surface area contributed by atoms with Gasteiger partial charge >= 0.3 is 6.18 Å². The van der Waals surface area contributed by atoms with Crippen molar-refractivity contribution in [1.82, 2.24) is 10.2 Å². The van der Waals surface area contributed by atoms with Crippen molar-refractivity contribution in [2.75, 3.05) is 26.2 Å². The molecule has 1 saturated heterocycles. The van der Waals surface area contributed by atoms with Gasteiger partial charge in [0.1, 0.15) is 0 Å². The Morgan fingerprint density at radius 2 is 1.90 bits per heavy atom. The molecule has 0 spiro atoms. The predicted octanol–water partition coefficient (Wildman–Crippen LogP) is 3.84. The normalized spacial score (nSPS) is 18.7. The van der Waals surface area contributed by atoms with Gasteiger partial charge in [-0.15, -0.1) is 0 Å². The number of piperidine rings is 1. The number of nitrogens with one attached hydrogen (secondary N) is 1. The fourth-order valence-electron chi connectivity index (χ4n) is 2.72. The second-order valence-electron chi connectivity index (χ2n) is 5.70. The largest absolute Gasteiger partial charge is 0.416 e. The first-order chi connectivity index (χ1) is 9.97. The summed E-state index contributed by atoms with van der Waals surface area (Å²) in [6, 6.07) is 5.49. The summed E-state index contributed by atoms with van der Waals surface area (Å²) in [4.78, 5) is 2.41. The fraction of sp³-hybridized carbons (Fsp3) is 0.625. The van der Waals surface area contributed by atoms with E-state index < -0.39 is 11.7 Å². The van der Waals surface area contributed by atoms with E-state index in [1.54, 1.807) is 6.07 Å². The zero-order valence-electron chi connectivity index (χ0n) is 12.4. The number of benzene rings is 1. The zero-order chi connectivity index (χ0) is 15.3. The molecule has 0 amide bonds. The van der Waals surface area contributed by atoms with Gasteiger partial charge in [-0.3, -0.25) is 0 Å². The maximum atomic E-state index is 12.7. The number of hydrogen-bond donors (Lipinski definition) is 1. The van der Waals surface area contributed by atoms with Crippen LogP contribution in [0.15, 0.2) is 24.3 Å². The van der Waals surface area contributed by atoms with E-state index in [0.29, 0.717) is 5.56 Å². The summed E-state index contributed by atoms with van der Waals surface area (Å²) < 4.78 is 38.1. The summed E-state index contributed by atoms with van der Waals surface area (Å²) in [6.45, 7) is 5.95. The highest BCUT2D eigenvalue weighted by Gasteiger charge is 2.30. The standard InChI is InChI=1S/C16H23F3N2/c1-13(20-8-11-21-9-3-2-4-10-21)14-6-5-7-15(12-14)16(17,18)19/h5-7,12-13,20H,2-4,8-11H2,1H3. The Bertz CT molecular complexity index is 439. The third kappa shape index (κ3) is 5.00. The third-order valence-electron chi connectivity index (χ3n) is 4.04. The molecule has 118 valence electrons. The molecule has 1 N–H and O–H groups in total. The van der Waals surface area contributed by atoms with Crippen LogP contribution in [0.25, 0.3) is 0 Å². The number of nitrogens with zero attached hydrogens (tertiary/aromatic N) is 1. The average Bonchev–Trinajstić information content (AvgIpc) is 2.47. The molecule has 21 heavy (non-hydrogen) atoms. The predicted molar refractivity (Wildman–Crippen MR) is 78.2 cm³/mol. The van der Waals surface area contributed by atoms with Crippen LogP contribution in [0.2, 0.25) is 0 Å². The summed E-state index contributed by atoms with van der Waals surface area (Å²) in [6.07, 6.45) is -0.458. The molecule has 1 unspecified atom stereocenters. The third-order valence-corrected chi connectivity index (χ3v) is 4.04. The molecule has 0 saturated carbocycles. The lowest BCUT2D eigenvalue weighted by molar-refractivity contribution is -0.137. The maximum absolute atomic E-state index is 12.7. The topological polar surface area (TPSA) is 15.3 Å². The summed E-state index contributed by atoms with van der Waals surface area (Å²) in [5, 5.41) is 3.32. The Morgan fingerprint density at radius 3 is 2.57 bits per heavy atom. The lowest BCUT2D eigenvalue weighted by Gasteiger charge is -2.27. The Hall–Kier alpha value is -1.07. The van der Waals surface area contributed by atoms with Crippen LogP contribution in [0.4, 0.5) is 13.2 Å². The molecule has 2 rings (SSSR count). The van der Waals surface area contributed by atoms with Crippen LogP contribution < -0.4 is 5.32 Å². The minimum atomic E-state index is -4.27. The van der Waals surface area contributed by atoms with Gasteiger partial charge in [0, 0.05) is 19.1 Å². The molecule has 1 aliphatic rings.